The number of amides is 2. The van der Waals surface area contributed by atoms with Gasteiger partial charge in [-0.15, -0.1) is 11.8 Å². The maximum absolute atomic E-state index is 14.3. The van der Waals surface area contributed by atoms with E-state index >= 15 is 0 Å². The molecule has 0 unspecified atom stereocenters. The van der Waals surface area contributed by atoms with Gasteiger partial charge in [0.1, 0.15) is 11.6 Å². The first-order valence-electron chi connectivity index (χ1n) is 9.40. The average molecular weight is 422 g/mol. The third-order valence-corrected chi connectivity index (χ3v) is 6.80. The van der Waals surface area contributed by atoms with Crippen LogP contribution in [0.2, 0.25) is 0 Å². The normalized spacial score (nSPS) is 20.3. The van der Waals surface area contributed by atoms with E-state index in [4.69, 9.17) is 0 Å². The molecule has 2 amide bonds. The summed E-state index contributed by atoms with van der Waals surface area (Å²) >= 11 is 1.21. The van der Waals surface area contributed by atoms with Gasteiger partial charge in [0.25, 0.3) is 5.91 Å². The lowest BCUT2D eigenvalue weighted by Gasteiger charge is -2.33. The summed E-state index contributed by atoms with van der Waals surface area (Å²) in [6.07, 6.45) is 0. The van der Waals surface area contributed by atoms with Crippen LogP contribution in [0.4, 0.5) is 20.2 Å². The van der Waals surface area contributed by atoms with E-state index in [9.17, 15) is 18.4 Å². The first-order valence-corrected chi connectivity index (χ1v) is 10.4. The minimum atomic E-state index is -1.34. The summed E-state index contributed by atoms with van der Waals surface area (Å²) in [5.41, 5.74) is 1.96. The molecule has 4 nitrogen and oxygen atoms in total. The van der Waals surface area contributed by atoms with E-state index in [1.54, 1.807) is 48.5 Å². The van der Waals surface area contributed by atoms with Crippen molar-refractivity contribution in [2.24, 2.45) is 0 Å². The van der Waals surface area contributed by atoms with Crippen LogP contribution in [0.5, 0.6) is 0 Å². The molecule has 0 saturated carbocycles. The second kappa shape index (κ2) is 6.95. The van der Waals surface area contributed by atoms with Crippen molar-refractivity contribution in [2.75, 3.05) is 15.6 Å². The lowest BCUT2D eigenvalue weighted by atomic mass is 10.0. The summed E-state index contributed by atoms with van der Waals surface area (Å²) in [5, 5.41) is 0. The van der Waals surface area contributed by atoms with E-state index in [-0.39, 0.29) is 24.1 Å². The molecular weight excluding hydrogens is 406 g/mol. The number of fused-ring (bicyclic) bond motifs is 2. The fourth-order valence-corrected chi connectivity index (χ4v) is 5.48. The van der Waals surface area contributed by atoms with E-state index in [1.165, 1.54) is 45.8 Å². The Balaban J connectivity index is 1.66. The minimum absolute atomic E-state index is 0.0377. The van der Waals surface area contributed by atoms with Crippen LogP contribution in [0, 0.1) is 11.6 Å². The predicted octanol–water partition coefficient (Wildman–Crippen LogP) is 4.44. The van der Waals surface area contributed by atoms with E-state index in [0.717, 1.165) is 0 Å². The van der Waals surface area contributed by atoms with Crippen molar-refractivity contribution in [3.8, 4) is 0 Å². The Kier molecular flexibility index (Phi) is 4.36. The zero-order valence-electron chi connectivity index (χ0n) is 15.7. The van der Waals surface area contributed by atoms with Gasteiger partial charge in [-0.05, 0) is 30.3 Å². The molecule has 0 aromatic heterocycles. The largest absolute Gasteiger partial charge is 0.304 e. The van der Waals surface area contributed by atoms with Crippen molar-refractivity contribution in [3.63, 3.8) is 0 Å². The number of carbonyl (C=O) groups is 2. The van der Waals surface area contributed by atoms with Crippen molar-refractivity contribution in [1.29, 1.82) is 0 Å². The van der Waals surface area contributed by atoms with E-state index < -0.39 is 16.5 Å². The Bertz CT molecular complexity index is 1190. The van der Waals surface area contributed by atoms with Gasteiger partial charge in [0.05, 0.1) is 18.0 Å². The summed E-state index contributed by atoms with van der Waals surface area (Å²) in [4.78, 5) is 28.2. The van der Waals surface area contributed by atoms with E-state index in [2.05, 4.69) is 0 Å². The van der Waals surface area contributed by atoms with Gasteiger partial charge in [0.2, 0.25) is 10.8 Å². The van der Waals surface area contributed by atoms with Gasteiger partial charge < -0.3 is 4.90 Å². The lowest BCUT2D eigenvalue weighted by molar-refractivity contribution is -0.123. The number of para-hydroxylation sites is 1. The second-order valence-electron chi connectivity index (χ2n) is 7.14. The first kappa shape index (κ1) is 18.8. The quantitative estimate of drug-likeness (QED) is 0.627. The zero-order valence-corrected chi connectivity index (χ0v) is 16.5. The summed E-state index contributed by atoms with van der Waals surface area (Å²) in [6.45, 7) is 0.0377. The highest BCUT2D eigenvalue weighted by atomic mass is 32.2. The fraction of sp³-hybridized carbons (Fsp3) is 0.130. The Morgan fingerprint density at radius 2 is 1.70 bits per heavy atom. The van der Waals surface area contributed by atoms with Gasteiger partial charge in [-0.2, -0.15) is 0 Å². The molecule has 3 aromatic carbocycles. The summed E-state index contributed by atoms with van der Waals surface area (Å²) < 4.78 is 28.3. The number of nitrogens with zero attached hydrogens (tertiary/aromatic N) is 2. The topological polar surface area (TPSA) is 40.6 Å². The number of hydrogen-bond donors (Lipinski definition) is 0. The molecule has 2 aliphatic rings. The van der Waals surface area contributed by atoms with Crippen LogP contribution in [0.25, 0.3) is 0 Å². The molecule has 3 aromatic rings. The molecule has 30 heavy (non-hydrogen) atoms. The third-order valence-electron chi connectivity index (χ3n) is 5.42. The highest BCUT2D eigenvalue weighted by Crippen LogP contribution is 2.55. The Morgan fingerprint density at radius 1 is 0.933 bits per heavy atom. The van der Waals surface area contributed by atoms with Crippen molar-refractivity contribution < 1.29 is 18.4 Å². The monoisotopic (exact) mass is 422 g/mol. The van der Waals surface area contributed by atoms with Crippen molar-refractivity contribution >= 4 is 35.0 Å². The Labute approximate surface area is 176 Å². The van der Waals surface area contributed by atoms with Crippen LogP contribution in [0.3, 0.4) is 0 Å². The molecule has 5 rings (SSSR count). The molecule has 0 radical (unpaired) electrons. The summed E-state index contributed by atoms with van der Waals surface area (Å²) in [5.74, 6) is -1.42. The van der Waals surface area contributed by atoms with Crippen molar-refractivity contribution in [2.45, 2.75) is 11.4 Å². The number of benzene rings is 3. The number of thioether (sulfide) groups is 1. The number of rotatable bonds is 3. The molecule has 0 bridgehead atoms. The summed E-state index contributed by atoms with van der Waals surface area (Å²) in [7, 11) is 0. The van der Waals surface area contributed by atoms with Gasteiger partial charge >= 0.3 is 0 Å². The minimum Gasteiger partial charge on any atom is -0.304 e. The smallest absolute Gasteiger partial charge is 0.269 e. The van der Waals surface area contributed by atoms with Crippen LogP contribution in [-0.4, -0.2) is 17.6 Å². The van der Waals surface area contributed by atoms with Gasteiger partial charge in [-0.25, -0.2) is 8.78 Å². The molecule has 1 spiro atoms. The number of halogens is 2. The van der Waals surface area contributed by atoms with Crippen molar-refractivity contribution in [1.82, 2.24) is 0 Å². The molecule has 0 aliphatic carbocycles. The van der Waals surface area contributed by atoms with E-state index in [1.807, 2.05) is 0 Å². The molecule has 2 aliphatic heterocycles. The molecule has 1 saturated heterocycles. The zero-order chi connectivity index (χ0) is 20.9. The fourth-order valence-electron chi connectivity index (χ4n) is 4.12. The van der Waals surface area contributed by atoms with E-state index in [0.29, 0.717) is 22.5 Å². The maximum Gasteiger partial charge on any atom is 0.269 e. The van der Waals surface area contributed by atoms with Crippen LogP contribution in [0.15, 0.2) is 72.8 Å². The highest BCUT2D eigenvalue weighted by Gasteiger charge is 2.61. The van der Waals surface area contributed by atoms with Crippen LogP contribution in [-0.2, 0) is 21.0 Å². The van der Waals surface area contributed by atoms with Crippen LogP contribution >= 0.6 is 11.8 Å². The Hall–Kier alpha value is -3.19. The SMILES string of the molecule is O=C1CS[C@@]2(C(=O)N(Cc3ccccc3F)c3ccccc32)N1c1cccc(F)c1. The van der Waals surface area contributed by atoms with Gasteiger partial charge in [-0.3, -0.25) is 14.5 Å². The lowest BCUT2D eigenvalue weighted by Crippen LogP contribution is -2.49. The van der Waals surface area contributed by atoms with Crippen LogP contribution in [0.1, 0.15) is 11.1 Å². The standard InChI is InChI=1S/C23H16F2N2O2S/c24-16-7-5-8-17(12-16)27-21(28)14-30-23(27)18-9-2-4-11-20(18)26(22(23)29)13-15-6-1-3-10-19(15)25/h1-12H,13-14H2/t23-/m0/s1. The molecule has 150 valence electrons. The molecule has 2 heterocycles. The average Bonchev–Trinajstić information content (AvgIpc) is 3.21. The molecule has 1 atom stereocenters. The maximum atomic E-state index is 14.3. The third kappa shape index (κ3) is 2.65. The Morgan fingerprint density at radius 3 is 2.50 bits per heavy atom. The summed E-state index contributed by atoms with van der Waals surface area (Å²) in [6, 6.07) is 19.1. The second-order valence-corrected chi connectivity index (χ2v) is 8.31. The predicted molar refractivity (Wildman–Crippen MR) is 112 cm³/mol. The van der Waals surface area contributed by atoms with Crippen LogP contribution < -0.4 is 9.80 Å². The van der Waals surface area contributed by atoms with Gasteiger partial charge in [0, 0.05) is 16.8 Å². The first-order chi connectivity index (χ1) is 14.5. The molecular formula is C23H16F2N2O2S. The number of anilines is 2. The number of carbonyl (C=O) groups excluding carboxylic acids is 2. The van der Waals surface area contributed by atoms with Gasteiger partial charge in [-0.1, -0.05) is 42.5 Å². The molecule has 7 heteroatoms. The molecule has 1 fully saturated rings. The highest BCUT2D eigenvalue weighted by molar-refractivity contribution is 8.02. The molecule has 0 N–H and O–H groups in total. The van der Waals surface area contributed by atoms with Gasteiger partial charge in [0.15, 0.2) is 0 Å². The van der Waals surface area contributed by atoms with Crippen molar-refractivity contribution in [3.05, 3.63) is 95.6 Å². The number of hydrogen-bond acceptors (Lipinski definition) is 3.